The molecule has 0 amide bonds. The molecule has 6 heteroatoms. The Kier molecular flexibility index (Phi) is 8.48. The lowest BCUT2D eigenvalue weighted by atomic mass is 10.1. The number of nitrogens with one attached hydrogen (secondary N) is 2. The van der Waals surface area contributed by atoms with Gasteiger partial charge in [-0.2, -0.15) is 0 Å². The van der Waals surface area contributed by atoms with Crippen LogP contribution < -0.4 is 14.8 Å². The minimum Gasteiger partial charge on any atom is -0.490 e. The van der Waals surface area contributed by atoms with E-state index in [9.17, 15) is 0 Å². The lowest BCUT2D eigenvalue weighted by Crippen LogP contribution is -2.16. The van der Waals surface area contributed by atoms with Gasteiger partial charge in [-0.05, 0) is 72.1 Å². The molecule has 0 aliphatic rings. The van der Waals surface area contributed by atoms with Crippen LogP contribution in [-0.2, 0) is 13.0 Å². The number of aromatic nitrogens is 1. The second-order valence-electron chi connectivity index (χ2n) is 6.06. The van der Waals surface area contributed by atoms with E-state index >= 15 is 0 Å². The molecule has 0 atom stereocenters. The summed E-state index contributed by atoms with van der Waals surface area (Å²) in [5.74, 6) is 1.56. The predicted octanol–water partition coefficient (Wildman–Crippen LogP) is 5.48. The summed E-state index contributed by atoms with van der Waals surface area (Å²) in [6, 6.07) is 12.6. The van der Waals surface area contributed by atoms with Gasteiger partial charge in [0.05, 0.1) is 17.7 Å². The predicted molar refractivity (Wildman–Crippen MR) is 117 cm³/mol. The maximum absolute atomic E-state index is 5.74. The van der Waals surface area contributed by atoms with Crippen LogP contribution in [-0.4, -0.2) is 24.7 Å². The number of para-hydroxylation sites is 1. The normalized spacial score (nSPS) is 10.6. The first-order valence-corrected chi connectivity index (χ1v) is 9.86. The number of hydrogen-bond acceptors (Lipinski definition) is 3. The highest BCUT2D eigenvalue weighted by Crippen LogP contribution is 2.36. The molecule has 0 fully saturated rings. The van der Waals surface area contributed by atoms with Crippen LogP contribution in [0, 0.1) is 0 Å². The molecule has 0 aliphatic carbocycles. The summed E-state index contributed by atoms with van der Waals surface area (Å²) in [6.45, 7) is 6.88. The molecule has 0 radical (unpaired) electrons. The molecule has 0 saturated heterocycles. The molecule has 4 nitrogen and oxygen atoms in total. The number of benzene rings is 2. The van der Waals surface area contributed by atoms with Crippen molar-refractivity contribution >= 4 is 39.2 Å². The molecule has 27 heavy (non-hydrogen) atoms. The minimum atomic E-state index is 0. The Hall–Kier alpha value is -1.69. The third kappa shape index (κ3) is 5.41. The lowest BCUT2D eigenvalue weighted by molar-refractivity contribution is 0.286. The smallest absolute Gasteiger partial charge is 0.175 e. The van der Waals surface area contributed by atoms with Crippen LogP contribution in [0.3, 0.4) is 0 Å². The Balaban J connectivity index is 0.00000261. The molecule has 3 rings (SSSR count). The molecule has 0 aliphatic heterocycles. The van der Waals surface area contributed by atoms with E-state index in [0.717, 1.165) is 35.5 Å². The monoisotopic (exact) mass is 452 g/mol. The van der Waals surface area contributed by atoms with Gasteiger partial charge in [-0.15, -0.1) is 12.4 Å². The van der Waals surface area contributed by atoms with Crippen molar-refractivity contribution in [2.45, 2.75) is 26.8 Å². The summed E-state index contributed by atoms with van der Waals surface area (Å²) in [5, 5.41) is 4.82. The van der Waals surface area contributed by atoms with E-state index < -0.39 is 0 Å². The zero-order valence-corrected chi connectivity index (χ0v) is 18.1. The van der Waals surface area contributed by atoms with Crippen molar-refractivity contribution in [3.8, 4) is 11.5 Å². The highest BCUT2D eigenvalue weighted by Gasteiger charge is 2.12. The summed E-state index contributed by atoms with van der Waals surface area (Å²) >= 11 is 3.60. The first-order chi connectivity index (χ1) is 12.7. The van der Waals surface area contributed by atoms with Gasteiger partial charge >= 0.3 is 0 Å². The molecule has 0 unspecified atom stereocenters. The largest absolute Gasteiger partial charge is 0.490 e. The van der Waals surface area contributed by atoms with Crippen LogP contribution in [0.5, 0.6) is 11.5 Å². The van der Waals surface area contributed by atoms with Crippen molar-refractivity contribution in [3.63, 3.8) is 0 Å². The van der Waals surface area contributed by atoms with Gasteiger partial charge in [0.25, 0.3) is 0 Å². The zero-order chi connectivity index (χ0) is 18.4. The van der Waals surface area contributed by atoms with Gasteiger partial charge in [-0.25, -0.2) is 0 Å². The van der Waals surface area contributed by atoms with E-state index in [0.29, 0.717) is 13.2 Å². The van der Waals surface area contributed by atoms with Gasteiger partial charge in [0, 0.05) is 23.6 Å². The first-order valence-electron chi connectivity index (χ1n) is 9.06. The standard InChI is InChI=1S/C21H25BrN2O2.ClH/c1-3-25-20-12-15(11-18(22)21(20)26-4-2)13-23-10-9-16-14-24-19-8-6-5-7-17(16)19;/h5-8,11-12,14,23-24H,3-4,9-10,13H2,1-2H3;1H. The topological polar surface area (TPSA) is 46.3 Å². The molecule has 1 heterocycles. The fraction of sp³-hybridized carbons (Fsp3) is 0.333. The average Bonchev–Trinajstić information content (AvgIpc) is 3.05. The number of hydrogen-bond donors (Lipinski definition) is 2. The molecule has 3 aromatic rings. The molecule has 0 bridgehead atoms. The quantitative estimate of drug-likeness (QED) is 0.422. The Morgan fingerprint density at radius 2 is 1.85 bits per heavy atom. The van der Waals surface area contributed by atoms with Crippen molar-refractivity contribution in [1.29, 1.82) is 0 Å². The molecule has 146 valence electrons. The number of fused-ring (bicyclic) bond motifs is 1. The Labute approximate surface area is 175 Å². The third-order valence-electron chi connectivity index (χ3n) is 4.23. The number of halogens is 2. The van der Waals surface area contributed by atoms with Crippen LogP contribution in [0.1, 0.15) is 25.0 Å². The van der Waals surface area contributed by atoms with Gasteiger partial charge in [-0.1, -0.05) is 18.2 Å². The minimum absolute atomic E-state index is 0. The molecule has 0 spiro atoms. The first kappa shape index (κ1) is 21.6. The molecule has 0 saturated carbocycles. The van der Waals surface area contributed by atoms with Gasteiger partial charge in [0.15, 0.2) is 11.5 Å². The number of ether oxygens (including phenoxy) is 2. The number of H-pyrrole nitrogens is 1. The van der Waals surface area contributed by atoms with Crippen molar-refractivity contribution in [2.75, 3.05) is 19.8 Å². The summed E-state index contributed by atoms with van der Waals surface area (Å²) < 4.78 is 12.4. The lowest BCUT2D eigenvalue weighted by Gasteiger charge is -2.15. The van der Waals surface area contributed by atoms with E-state index in [1.807, 2.05) is 13.8 Å². The van der Waals surface area contributed by atoms with Crippen LogP contribution in [0.15, 0.2) is 47.1 Å². The maximum atomic E-state index is 5.74. The van der Waals surface area contributed by atoms with E-state index in [-0.39, 0.29) is 12.4 Å². The zero-order valence-electron chi connectivity index (χ0n) is 15.7. The fourth-order valence-corrected chi connectivity index (χ4v) is 3.67. The van der Waals surface area contributed by atoms with Crippen LogP contribution >= 0.6 is 28.3 Å². The Morgan fingerprint density at radius 1 is 1.07 bits per heavy atom. The van der Waals surface area contributed by atoms with Crippen LogP contribution in [0.4, 0.5) is 0 Å². The van der Waals surface area contributed by atoms with Gasteiger partial charge in [0.1, 0.15) is 0 Å². The molecule has 2 aromatic carbocycles. The summed E-state index contributed by atoms with van der Waals surface area (Å²) in [6.07, 6.45) is 3.09. The summed E-state index contributed by atoms with van der Waals surface area (Å²) in [5.41, 5.74) is 3.71. The average molecular weight is 454 g/mol. The second-order valence-corrected chi connectivity index (χ2v) is 6.91. The molecular formula is C21H26BrClN2O2. The molecular weight excluding hydrogens is 428 g/mol. The number of rotatable bonds is 9. The summed E-state index contributed by atoms with van der Waals surface area (Å²) in [7, 11) is 0. The SMILES string of the molecule is CCOc1cc(CNCCc2c[nH]c3ccccc23)cc(Br)c1OCC.Cl. The highest BCUT2D eigenvalue weighted by atomic mass is 79.9. The number of aromatic amines is 1. The highest BCUT2D eigenvalue weighted by molar-refractivity contribution is 9.10. The summed E-state index contributed by atoms with van der Waals surface area (Å²) in [4.78, 5) is 3.33. The fourth-order valence-electron chi connectivity index (χ4n) is 3.07. The van der Waals surface area contributed by atoms with Gasteiger partial charge in [0.2, 0.25) is 0 Å². The van der Waals surface area contributed by atoms with Gasteiger partial charge < -0.3 is 19.8 Å². The Morgan fingerprint density at radius 3 is 2.63 bits per heavy atom. The van der Waals surface area contributed by atoms with E-state index in [2.05, 4.69) is 68.8 Å². The van der Waals surface area contributed by atoms with Gasteiger partial charge in [-0.3, -0.25) is 0 Å². The molecule has 2 N–H and O–H groups in total. The Bertz CT molecular complexity index is 867. The van der Waals surface area contributed by atoms with E-state index in [1.54, 1.807) is 0 Å². The maximum Gasteiger partial charge on any atom is 0.175 e. The van der Waals surface area contributed by atoms with Crippen LogP contribution in [0.25, 0.3) is 10.9 Å². The van der Waals surface area contributed by atoms with Crippen molar-refractivity contribution in [3.05, 3.63) is 58.2 Å². The second kappa shape index (κ2) is 10.6. The van der Waals surface area contributed by atoms with Crippen molar-refractivity contribution in [1.82, 2.24) is 10.3 Å². The van der Waals surface area contributed by atoms with Crippen molar-refractivity contribution < 1.29 is 9.47 Å². The van der Waals surface area contributed by atoms with Crippen molar-refractivity contribution in [2.24, 2.45) is 0 Å². The molecule has 1 aromatic heterocycles. The van der Waals surface area contributed by atoms with Crippen LogP contribution in [0.2, 0.25) is 0 Å². The third-order valence-corrected chi connectivity index (χ3v) is 4.82. The van der Waals surface area contributed by atoms with E-state index in [4.69, 9.17) is 9.47 Å². The van der Waals surface area contributed by atoms with E-state index in [1.165, 1.54) is 22.0 Å².